The third-order valence-electron chi connectivity index (χ3n) is 4.34. The first-order valence-electron chi connectivity index (χ1n) is 9.07. The molecule has 2 rings (SSSR count). The quantitative estimate of drug-likeness (QED) is 0.617. The van der Waals surface area contributed by atoms with Crippen molar-refractivity contribution in [2.24, 2.45) is 0 Å². The van der Waals surface area contributed by atoms with Gasteiger partial charge in [0.1, 0.15) is 6.04 Å². The first-order valence-corrected chi connectivity index (χ1v) is 10.2. The Morgan fingerprint density at radius 2 is 1.68 bits per heavy atom. The van der Waals surface area contributed by atoms with Crippen molar-refractivity contribution in [3.63, 3.8) is 0 Å². The minimum absolute atomic E-state index is 0.160. The van der Waals surface area contributed by atoms with Crippen LogP contribution in [-0.4, -0.2) is 29.3 Å². The summed E-state index contributed by atoms with van der Waals surface area (Å²) in [4.78, 5) is 27.1. The molecule has 0 unspecified atom stereocenters. The molecule has 2 amide bonds. The van der Waals surface area contributed by atoms with Crippen molar-refractivity contribution in [3.05, 3.63) is 68.7 Å². The van der Waals surface area contributed by atoms with Gasteiger partial charge >= 0.3 is 0 Å². The van der Waals surface area contributed by atoms with Crippen molar-refractivity contribution in [3.8, 4) is 0 Å². The Morgan fingerprint density at radius 3 is 2.29 bits per heavy atom. The summed E-state index contributed by atoms with van der Waals surface area (Å²) in [5.74, 6) is -0.371. The summed E-state index contributed by atoms with van der Waals surface area (Å²) in [6, 6.07) is 11.5. The molecule has 150 valence electrons. The molecule has 4 nitrogen and oxygen atoms in total. The molecule has 1 atom stereocenters. The van der Waals surface area contributed by atoms with Crippen LogP contribution in [0.5, 0.6) is 0 Å². The highest BCUT2D eigenvalue weighted by atomic mass is 35.5. The van der Waals surface area contributed by atoms with Gasteiger partial charge in [0, 0.05) is 28.2 Å². The molecule has 0 bridgehead atoms. The molecule has 0 aliphatic rings. The predicted molar refractivity (Wildman–Crippen MR) is 115 cm³/mol. The van der Waals surface area contributed by atoms with Gasteiger partial charge in [-0.2, -0.15) is 0 Å². The highest BCUT2D eigenvalue weighted by Gasteiger charge is 2.26. The average Bonchev–Trinajstić information content (AvgIpc) is 2.66. The van der Waals surface area contributed by atoms with Gasteiger partial charge in [-0.3, -0.25) is 9.59 Å². The Labute approximate surface area is 180 Å². The van der Waals surface area contributed by atoms with Gasteiger partial charge in [0.2, 0.25) is 11.8 Å². The number of amides is 2. The van der Waals surface area contributed by atoms with Gasteiger partial charge in [-0.15, -0.1) is 0 Å². The lowest BCUT2D eigenvalue weighted by atomic mass is 10.1. The van der Waals surface area contributed by atoms with E-state index in [1.165, 1.54) is 4.90 Å². The maximum atomic E-state index is 13.0. The van der Waals surface area contributed by atoms with Crippen LogP contribution in [0.1, 0.15) is 31.4 Å². The molecule has 28 heavy (non-hydrogen) atoms. The van der Waals surface area contributed by atoms with Crippen molar-refractivity contribution >= 4 is 46.6 Å². The highest BCUT2D eigenvalue weighted by molar-refractivity contribution is 6.35. The lowest BCUT2D eigenvalue weighted by Crippen LogP contribution is -2.48. The van der Waals surface area contributed by atoms with Crippen molar-refractivity contribution in [1.29, 1.82) is 0 Å². The Balaban J connectivity index is 2.24. The van der Waals surface area contributed by atoms with Gasteiger partial charge in [-0.1, -0.05) is 59.9 Å². The number of benzene rings is 2. The fraction of sp³-hybridized carbons (Fsp3) is 0.333. The molecule has 2 aromatic carbocycles. The summed E-state index contributed by atoms with van der Waals surface area (Å²) in [6.45, 7) is 4.46. The minimum atomic E-state index is -0.641. The normalized spacial score (nSPS) is 11.8. The van der Waals surface area contributed by atoms with Gasteiger partial charge in [0.15, 0.2) is 0 Å². The van der Waals surface area contributed by atoms with Gasteiger partial charge in [0.05, 0.1) is 6.42 Å². The second-order valence-electron chi connectivity index (χ2n) is 6.53. The lowest BCUT2D eigenvalue weighted by Gasteiger charge is -2.29. The van der Waals surface area contributed by atoms with E-state index in [9.17, 15) is 9.59 Å². The van der Waals surface area contributed by atoms with E-state index < -0.39 is 6.04 Å². The standard InChI is InChI=1S/C21H23Cl3N2O2/c1-3-10-25-21(28)14(2)26(13-16-6-9-18(23)12-19(16)24)20(27)11-15-4-7-17(22)8-5-15/h4-9,12,14H,3,10-11,13H2,1-2H3,(H,25,28)/t14-/m0/s1. The summed E-state index contributed by atoms with van der Waals surface area (Å²) in [5.41, 5.74) is 1.55. The topological polar surface area (TPSA) is 49.4 Å². The van der Waals surface area contributed by atoms with Gasteiger partial charge in [-0.25, -0.2) is 0 Å². The average molecular weight is 442 g/mol. The van der Waals surface area contributed by atoms with Crippen LogP contribution >= 0.6 is 34.8 Å². The number of halogens is 3. The minimum Gasteiger partial charge on any atom is -0.354 e. The zero-order valence-corrected chi connectivity index (χ0v) is 18.1. The third-order valence-corrected chi connectivity index (χ3v) is 5.18. The first-order chi connectivity index (χ1) is 13.3. The Bertz CT molecular complexity index is 825. The third kappa shape index (κ3) is 6.40. The van der Waals surface area contributed by atoms with Crippen LogP contribution in [-0.2, 0) is 22.6 Å². The van der Waals surface area contributed by atoms with Crippen LogP contribution in [0.3, 0.4) is 0 Å². The SMILES string of the molecule is CCCNC(=O)[C@H](C)N(Cc1ccc(Cl)cc1Cl)C(=O)Cc1ccc(Cl)cc1. The maximum Gasteiger partial charge on any atom is 0.242 e. The van der Waals surface area contributed by atoms with Crippen LogP contribution < -0.4 is 5.32 Å². The summed E-state index contributed by atoms with van der Waals surface area (Å²) in [7, 11) is 0. The van der Waals surface area contributed by atoms with Crippen molar-refractivity contribution in [2.45, 2.75) is 39.3 Å². The zero-order valence-electron chi connectivity index (χ0n) is 15.8. The Morgan fingerprint density at radius 1 is 1.04 bits per heavy atom. The van der Waals surface area contributed by atoms with Crippen LogP contribution in [0.15, 0.2) is 42.5 Å². The number of hydrogen-bond donors (Lipinski definition) is 1. The monoisotopic (exact) mass is 440 g/mol. The number of carbonyl (C=O) groups is 2. The van der Waals surface area contributed by atoms with Crippen molar-refractivity contribution in [2.75, 3.05) is 6.54 Å². The molecule has 2 aromatic rings. The van der Waals surface area contributed by atoms with E-state index in [-0.39, 0.29) is 24.8 Å². The van der Waals surface area contributed by atoms with E-state index in [0.29, 0.717) is 21.6 Å². The molecule has 0 aliphatic carbocycles. The maximum absolute atomic E-state index is 13.0. The number of carbonyl (C=O) groups excluding carboxylic acids is 2. The van der Waals surface area contributed by atoms with Crippen molar-refractivity contribution in [1.82, 2.24) is 10.2 Å². The van der Waals surface area contributed by atoms with Gasteiger partial charge in [0.25, 0.3) is 0 Å². The molecule has 0 saturated heterocycles. The van der Waals surface area contributed by atoms with E-state index in [0.717, 1.165) is 17.5 Å². The van der Waals surface area contributed by atoms with Crippen LogP contribution in [0.25, 0.3) is 0 Å². The Kier molecular flexibility index (Phi) is 8.61. The fourth-order valence-corrected chi connectivity index (χ4v) is 3.28. The van der Waals surface area contributed by atoms with E-state index in [2.05, 4.69) is 5.32 Å². The van der Waals surface area contributed by atoms with Crippen LogP contribution in [0, 0.1) is 0 Å². The number of hydrogen-bond acceptors (Lipinski definition) is 2. The molecule has 0 fully saturated rings. The smallest absolute Gasteiger partial charge is 0.242 e. The summed E-state index contributed by atoms with van der Waals surface area (Å²) in [6.07, 6.45) is 0.980. The van der Waals surface area contributed by atoms with E-state index in [1.807, 2.05) is 6.92 Å². The first kappa shape index (κ1) is 22.5. The van der Waals surface area contributed by atoms with E-state index in [1.54, 1.807) is 49.4 Å². The highest BCUT2D eigenvalue weighted by Crippen LogP contribution is 2.23. The molecular formula is C21H23Cl3N2O2. The molecule has 1 N–H and O–H groups in total. The molecule has 0 radical (unpaired) electrons. The van der Waals surface area contributed by atoms with Crippen LogP contribution in [0.4, 0.5) is 0 Å². The Hall–Kier alpha value is -1.75. The summed E-state index contributed by atoms with van der Waals surface area (Å²) < 4.78 is 0. The molecular weight excluding hydrogens is 419 g/mol. The van der Waals surface area contributed by atoms with Gasteiger partial charge in [-0.05, 0) is 48.7 Å². The lowest BCUT2D eigenvalue weighted by molar-refractivity contribution is -0.140. The van der Waals surface area contributed by atoms with E-state index in [4.69, 9.17) is 34.8 Å². The van der Waals surface area contributed by atoms with Crippen molar-refractivity contribution < 1.29 is 9.59 Å². The number of rotatable bonds is 8. The zero-order chi connectivity index (χ0) is 20.7. The second kappa shape index (κ2) is 10.7. The largest absolute Gasteiger partial charge is 0.354 e. The molecule has 0 heterocycles. The molecule has 0 spiro atoms. The predicted octanol–water partition coefficient (Wildman–Crippen LogP) is 5.13. The second-order valence-corrected chi connectivity index (χ2v) is 7.81. The fourth-order valence-electron chi connectivity index (χ4n) is 2.69. The van der Waals surface area contributed by atoms with Gasteiger partial charge < -0.3 is 10.2 Å². The molecule has 0 saturated carbocycles. The molecule has 0 aromatic heterocycles. The van der Waals surface area contributed by atoms with E-state index >= 15 is 0 Å². The summed E-state index contributed by atoms with van der Waals surface area (Å²) >= 11 is 18.2. The molecule has 0 aliphatic heterocycles. The number of nitrogens with one attached hydrogen (secondary N) is 1. The molecule has 7 heteroatoms. The number of nitrogens with zero attached hydrogens (tertiary/aromatic N) is 1. The van der Waals surface area contributed by atoms with Crippen LogP contribution in [0.2, 0.25) is 15.1 Å². The summed E-state index contributed by atoms with van der Waals surface area (Å²) in [5, 5.41) is 4.42.